The number of phenols is 1. The molecule has 1 atom stereocenters. The van der Waals surface area contributed by atoms with Crippen LogP contribution in [-0.4, -0.2) is 22.5 Å². The fourth-order valence-electron chi connectivity index (χ4n) is 2.71. The Labute approximate surface area is 121 Å². The Morgan fingerprint density at radius 3 is 3.00 bits per heavy atom. The smallest absolute Gasteiger partial charge is 0.256 e. The molecule has 0 aliphatic carbocycles. The number of hydrogen-bond acceptors (Lipinski definition) is 4. The van der Waals surface area contributed by atoms with Crippen molar-refractivity contribution in [2.75, 3.05) is 12.3 Å². The fraction of sp³-hybridized carbons (Fsp3) is 0.267. The van der Waals surface area contributed by atoms with E-state index in [4.69, 9.17) is 5.73 Å². The van der Waals surface area contributed by atoms with Crippen LogP contribution < -0.4 is 5.73 Å². The Bertz CT molecular complexity index is 625. The average molecular weight is 288 g/mol. The molecule has 1 aliphatic rings. The molecule has 20 heavy (non-hydrogen) atoms. The lowest BCUT2D eigenvalue weighted by atomic mass is 10.1. The van der Waals surface area contributed by atoms with E-state index in [9.17, 15) is 9.90 Å². The minimum atomic E-state index is -0.105. The van der Waals surface area contributed by atoms with Gasteiger partial charge in [-0.1, -0.05) is 0 Å². The number of nitrogens with zero attached hydrogens (tertiary/aromatic N) is 1. The van der Waals surface area contributed by atoms with Gasteiger partial charge in [-0.25, -0.2) is 0 Å². The Morgan fingerprint density at radius 1 is 1.40 bits per heavy atom. The van der Waals surface area contributed by atoms with Crippen molar-refractivity contribution in [2.45, 2.75) is 18.9 Å². The number of rotatable bonds is 2. The molecule has 1 aliphatic heterocycles. The number of benzene rings is 1. The molecule has 1 unspecified atom stereocenters. The first-order chi connectivity index (χ1) is 9.66. The summed E-state index contributed by atoms with van der Waals surface area (Å²) in [6.45, 7) is 0.731. The van der Waals surface area contributed by atoms with Gasteiger partial charge in [0.2, 0.25) is 0 Å². The maximum atomic E-state index is 12.7. The number of aromatic hydroxyl groups is 1. The summed E-state index contributed by atoms with van der Waals surface area (Å²) in [5, 5.41) is 13.7. The highest BCUT2D eigenvalue weighted by atomic mass is 32.1. The van der Waals surface area contributed by atoms with Gasteiger partial charge in [-0.3, -0.25) is 4.79 Å². The molecular formula is C15H16N2O2S. The Balaban J connectivity index is 1.91. The van der Waals surface area contributed by atoms with Gasteiger partial charge in [-0.2, -0.15) is 11.3 Å². The van der Waals surface area contributed by atoms with Crippen molar-refractivity contribution in [2.24, 2.45) is 0 Å². The topological polar surface area (TPSA) is 66.6 Å². The third kappa shape index (κ3) is 2.25. The number of hydrogen-bond donors (Lipinski definition) is 2. The quantitative estimate of drug-likeness (QED) is 0.659. The standard InChI is InChI=1S/C15H16N2O2S/c16-13-4-3-11(18)8-12(13)15(19)17-6-1-2-14(17)10-5-7-20-9-10/h3-5,7-9,14,18H,1-2,6,16H2. The van der Waals surface area contributed by atoms with Gasteiger partial charge < -0.3 is 15.7 Å². The zero-order valence-corrected chi connectivity index (χ0v) is 11.8. The number of anilines is 1. The molecule has 4 nitrogen and oxygen atoms in total. The van der Waals surface area contributed by atoms with Crippen molar-refractivity contribution < 1.29 is 9.90 Å². The number of carbonyl (C=O) groups excluding carboxylic acids is 1. The molecule has 1 aromatic heterocycles. The van der Waals surface area contributed by atoms with Crippen LogP contribution in [0.4, 0.5) is 5.69 Å². The monoisotopic (exact) mass is 288 g/mol. The minimum absolute atomic E-state index is 0.0637. The molecule has 1 aromatic carbocycles. The number of likely N-dealkylation sites (tertiary alicyclic amines) is 1. The van der Waals surface area contributed by atoms with Crippen LogP contribution in [0.25, 0.3) is 0 Å². The molecule has 0 bridgehead atoms. The van der Waals surface area contributed by atoms with E-state index in [2.05, 4.69) is 11.4 Å². The van der Waals surface area contributed by atoms with Crippen LogP contribution in [0.15, 0.2) is 35.0 Å². The molecule has 104 valence electrons. The van der Waals surface area contributed by atoms with Gasteiger partial charge in [0.15, 0.2) is 0 Å². The van der Waals surface area contributed by atoms with Gasteiger partial charge >= 0.3 is 0 Å². The third-order valence-corrected chi connectivity index (χ3v) is 4.41. The van der Waals surface area contributed by atoms with Crippen molar-refractivity contribution in [1.82, 2.24) is 4.90 Å². The Kier molecular flexibility index (Phi) is 3.36. The first-order valence-electron chi connectivity index (χ1n) is 6.58. The maximum absolute atomic E-state index is 12.7. The molecule has 1 saturated heterocycles. The number of nitrogen functional groups attached to an aromatic ring is 1. The van der Waals surface area contributed by atoms with E-state index in [1.165, 1.54) is 17.7 Å². The van der Waals surface area contributed by atoms with Crippen LogP contribution in [0.5, 0.6) is 5.75 Å². The van der Waals surface area contributed by atoms with Crippen LogP contribution in [0.2, 0.25) is 0 Å². The van der Waals surface area contributed by atoms with Crippen LogP contribution in [0.3, 0.4) is 0 Å². The second kappa shape index (κ2) is 5.17. The second-order valence-electron chi connectivity index (χ2n) is 4.98. The lowest BCUT2D eigenvalue weighted by Gasteiger charge is -2.25. The minimum Gasteiger partial charge on any atom is -0.508 e. The van der Waals surface area contributed by atoms with Crippen molar-refractivity contribution in [3.8, 4) is 5.75 Å². The highest BCUT2D eigenvalue weighted by Gasteiger charge is 2.31. The highest BCUT2D eigenvalue weighted by molar-refractivity contribution is 7.07. The van der Waals surface area contributed by atoms with Crippen molar-refractivity contribution in [3.05, 3.63) is 46.2 Å². The summed E-state index contributed by atoms with van der Waals surface area (Å²) in [6.07, 6.45) is 1.96. The summed E-state index contributed by atoms with van der Waals surface area (Å²) in [7, 11) is 0. The fourth-order valence-corrected chi connectivity index (χ4v) is 3.41. The van der Waals surface area contributed by atoms with Crippen molar-refractivity contribution in [1.29, 1.82) is 0 Å². The number of phenolic OH excluding ortho intramolecular Hbond substituents is 1. The molecular weight excluding hydrogens is 272 g/mol. The summed E-state index contributed by atoms with van der Waals surface area (Å²) in [5.74, 6) is -0.0408. The molecule has 1 fully saturated rings. The Hall–Kier alpha value is -2.01. The van der Waals surface area contributed by atoms with Gasteiger partial charge in [0.25, 0.3) is 5.91 Å². The highest BCUT2D eigenvalue weighted by Crippen LogP contribution is 2.35. The van der Waals surface area contributed by atoms with E-state index in [0.29, 0.717) is 11.3 Å². The summed E-state index contributed by atoms with van der Waals surface area (Å²) < 4.78 is 0. The average Bonchev–Trinajstić information content (AvgIpc) is 3.10. The molecule has 5 heteroatoms. The summed E-state index contributed by atoms with van der Waals surface area (Å²) in [5.41, 5.74) is 7.83. The molecule has 0 saturated carbocycles. The predicted molar refractivity (Wildman–Crippen MR) is 79.8 cm³/mol. The largest absolute Gasteiger partial charge is 0.508 e. The number of carbonyl (C=O) groups is 1. The lowest BCUT2D eigenvalue weighted by molar-refractivity contribution is 0.0736. The molecule has 3 rings (SSSR count). The maximum Gasteiger partial charge on any atom is 0.256 e. The molecule has 0 radical (unpaired) electrons. The first kappa shape index (κ1) is 13.0. The molecule has 2 aromatic rings. The van der Waals surface area contributed by atoms with Gasteiger partial charge in [-0.15, -0.1) is 0 Å². The van der Waals surface area contributed by atoms with E-state index in [0.717, 1.165) is 19.4 Å². The third-order valence-electron chi connectivity index (χ3n) is 3.71. The molecule has 0 spiro atoms. The predicted octanol–water partition coefficient (Wildman–Crippen LogP) is 3.01. The number of thiophene rings is 1. The summed E-state index contributed by atoms with van der Waals surface area (Å²) in [6, 6.07) is 6.69. The first-order valence-corrected chi connectivity index (χ1v) is 7.52. The van der Waals surface area contributed by atoms with E-state index in [1.807, 2.05) is 10.3 Å². The molecule has 1 amide bonds. The number of nitrogens with two attached hydrogens (primary N) is 1. The lowest BCUT2D eigenvalue weighted by Crippen LogP contribution is -2.30. The van der Waals surface area contributed by atoms with Gasteiger partial charge in [0.05, 0.1) is 11.6 Å². The van der Waals surface area contributed by atoms with Crippen LogP contribution >= 0.6 is 11.3 Å². The van der Waals surface area contributed by atoms with E-state index in [1.54, 1.807) is 17.4 Å². The zero-order valence-electron chi connectivity index (χ0n) is 11.0. The SMILES string of the molecule is Nc1ccc(O)cc1C(=O)N1CCCC1c1ccsc1. The van der Waals surface area contributed by atoms with E-state index < -0.39 is 0 Å². The van der Waals surface area contributed by atoms with Crippen molar-refractivity contribution in [3.63, 3.8) is 0 Å². The van der Waals surface area contributed by atoms with Crippen LogP contribution in [0, 0.1) is 0 Å². The normalized spacial score (nSPS) is 18.4. The van der Waals surface area contributed by atoms with E-state index >= 15 is 0 Å². The molecule has 2 heterocycles. The number of amides is 1. The second-order valence-corrected chi connectivity index (χ2v) is 5.76. The van der Waals surface area contributed by atoms with Crippen LogP contribution in [0.1, 0.15) is 34.8 Å². The zero-order chi connectivity index (χ0) is 14.1. The van der Waals surface area contributed by atoms with Gasteiger partial charge in [0.1, 0.15) is 5.75 Å². The summed E-state index contributed by atoms with van der Waals surface area (Å²) in [4.78, 5) is 14.5. The van der Waals surface area contributed by atoms with Crippen LogP contribution in [-0.2, 0) is 0 Å². The molecule has 3 N–H and O–H groups in total. The van der Waals surface area contributed by atoms with Crippen molar-refractivity contribution >= 4 is 22.9 Å². The van der Waals surface area contributed by atoms with E-state index in [-0.39, 0.29) is 17.7 Å². The van der Waals surface area contributed by atoms with Gasteiger partial charge in [-0.05, 0) is 53.4 Å². The summed E-state index contributed by atoms with van der Waals surface area (Å²) >= 11 is 1.64. The van der Waals surface area contributed by atoms with Gasteiger partial charge in [0, 0.05) is 12.2 Å². The Morgan fingerprint density at radius 2 is 2.25 bits per heavy atom.